The van der Waals surface area contributed by atoms with Crippen molar-refractivity contribution in [1.82, 2.24) is 20.0 Å². The molecule has 2 aromatic heterocycles. The van der Waals surface area contributed by atoms with Crippen LogP contribution in [0.25, 0.3) is 11.4 Å². The summed E-state index contributed by atoms with van der Waals surface area (Å²) in [6, 6.07) is 14.0. The molecule has 0 aliphatic carbocycles. The van der Waals surface area contributed by atoms with Gasteiger partial charge in [-0.1, -0.05) is 41.6 Å². The molecule has 0 amide bonds. The van der Waals surface area contributed by atoms with Gasteiger partial charge in [-0.05, 0) is 24.6 Å². The Bertz CT molecular complexity index is 757. The molecule has 3 aromatic rings. The van der Waals surface area contributed by atoms with Gasteiger partial charge in [0.1, 0.15) is 0 Å². The maximum atomic E-state index is 5.50. The zero-order chi connectivity index (χ0) is 15.5. The molecule has 3 heterocycles. The number of rotatable bonds is 4. The Labute approximate surface area is 135 Å². The van der Waals surface area contributed by atoms with Crippen molar-refractivity contribution in [2.24, 2.45) is 0 Å². The average Bonchev–Trinajstić information content (AvgIpc) is 3.26. The van der Waals surface area contributed by atoms with E-state index in [0.29, 0.717) is 11.7 Å². The maximum Gasteiger partial charge on any atom is 0.231 e. The summed E-state index contributed by atoms with van der Waals surface area (Å²) in [4.78, 5) is 11.2. The Morgan fingerprint density at radius 1 is 1.13 bits per heavy atom. The third kappa shape index (κ3) is 3.14. The normalized spacial score (nSPS) is 18.3. The Hall–Kier alpha value is -2.53. The van der Waals surface area contributed by atoms with E-state index in [9.17, 15) is 0 Å². The Morgan fingerprint density at radius 2 is 2.04 bits per heavy atom. The summed E-state index contributed by atoms with van der Waals surface area (Å²) in [6.45, 7) is 2.91. The fourth-order valence-corrected chi connectivity index (χ4v) is 3.03. The third-order valence-corrected chi connectivity index (χ3v) is 4.22. The van der Waals surface area contributed by atoms with Gasteiger partial charge in [-0.15, -0.1) is 0 Å². The van der Waals surface area contributed by atoms with E-state index in [4.69, 9.17) is 4.52 Å². The van der Waals surface area contributed by atoms with E-state index >= 15 is 0 Å². The van der Waals surface area contributed by atoms with Crippen LogP contribution in [0.3, 0.4) is 0 Å². The minimum atomic E-state index is 0.316. The van der Waals surface area contributed by atoms with Crippen molar-refractivity contribution in [1.29, 1.82) is 0 Å². The molecular formula is C18H18N4O. The van der Waals surface area contributed by atoms with E-state index in [1.165, 1.54) is 5.56 Å². The molecule has 0 radical (unpaired) electrons. The van der Waals surface area contributed by atoms with Gasteiger partial charge in [-0.3, -0.25) is 9.88 Å². The smallest absolute Gasteiger partial charge is 0.231 e. The summed E-state index contributed by atoms with van der Waals surface area (Å²) >= 11 is 0. The number of pyridine rings is 1. The minimum Gasteiger partial charge on any atom is -0.339 e. The topological polar surface area (TPSA) is 55.1 Å². The van der Waals surface area contributed by atoms with E-state index in [1.807, 2.05) is 42.6 Å². The Kier molecular flexibility index (Phi) is 3.86. The summed E-state index contributed by atoms with van der Waals surface area (Å²) in [6.07, 6.45) is 4.78. The quantitative estimate of drug-likeness (QED) is 0.741. The first kappa shape index (κ1) is 14.1. The van der Waals surface area contributed by atoms with Crippen LogP contribution >= 0.6 is 0 Å². The van der Waals surface area contributed by atoms with Crippen molar-refractivity contribution in [3.05, 3.63) is 66.3 Å². The van der Waals surface area contributed by atoms with E-state index in [0.717, 1.165) is 37.5 Å². The molecule has 4 rings (SSSR count). The number of aromatic nitrogens is 3. The van der Waals surface area contributed by atoms with Gasteiger partial charge in [-0.25, -0.2) is 0 Å². The molecule has 0 spiro atoms. The van der Waals surface area contributed by atoms with E-state index in [1.54, 1.807) is 6.20 Å². The molecule has 1 fully saturated rings. The van der Waals surface area contributed by atoms with Crippen LogP contribution in [0.5, 0.6) is 0 Å². The van der Waals surface area contributed by atoms with Crippen LogP contribution in [0, 0.1) is 0 Å². The molecule has 1 atom stereocenters. The first-order valence-corrected chi connectivity index (χ1v) is 7.89. The van der Waals surface area contributed by atoms with Gasteiger partial charge in [-0.2, -0.15) is 4.98 Å². The number of likely N-dealkylation sites (tertiary alicyclic amines) is 1. The molecule has 1 saturated heterocycles. The van der Waals surface area contributed by atoms with Crippen molar-refractivity contribution in [3.63, 3.8) is 0 Å². The van der Waals surface area contributed by atoms with Gasteiger partial charge < -0.3 is 4.52 Å². The lowest BCUT2D eigenvalue weighted by Crippen LogP contribution is -2.19. The van der Waals surface area contributed by atoms with E-state index in [-0.39, 0.29) is 0 Å². The van der Waals surface area contributed by atoms with Crippen LogP contribution in [0.2, 0.25) is 0 Å². The highest BCUT2D eigenvalue weighted by Crippen LogP contribution is 2.28. The lowest BCUT2D eigenvalue weighted by atomic mass is 10.1. The SMILES string of the molecule is c1ccc(-c2noc(C3CCN(Cc4cccnc4)C3)n2)cc1. The second kappa shape index (κ2) is 6.30. The predicted octanol–water partition coefficient (Wildman–Crippen LogP) is 3.12. The predicted molar refractivity (Wildman–Crippen MR) is 86.6 cm³/mol. The zero-order valence-electron chi connectivity index (χ0n) is 12.8. The highest BCUT2D eigenvalue weighted by atomic mass is 16.5. The molecule has 1 aliphatic heterocycles. The molecule has 1 aliphatic rings. The number of hydrogen-bond acceptors (Lipinski definition) is 5. The largest absolute Gasteiger partial charge is 0.339 e. The van der Waals surface area contributed by atoms with Crippen LogP contribution in [-0.4, -0.2) is 33.1 Å². The van der Waals surface area contributed by atoms with Gasteiger partial charge in [0, 0.05) is 31.0 Å². The minimum absolute atomic E-state index is 0.316. The molecular weight excluding hydrogens is 288 g/mol. The lowest BCUT2D eigenvalue weighted by molar-refractivity contribution is 0.309. The summed E-state index contributed by atoms with van der Waals surface area (Å²) in [7, 11) is 0. The van der Waals surface area contributed by atoms with Gasteiger partial charge >= 0.3 is 0 Å². The number of hydrogen-bond donors (Lipinski definition) is 0. The van der Waals surface area contributed by atoms with Crippen molar-refractivity contribution in [3.8, 4) is 11.4 Å². The lowest BCUT2D eigenvalue weighted by Gasteiger charge is -2.14. The van der Waals surface area contributed by atoms with E-state index < -0.39 is 0 Å². The van der Waals surface area contributed by atoms with Crippen LogP contribution < -0.4 is 0 Å². The number of benzene rings is 1. The van der Waals surface area contributed by atoms with Gasteiger partial charge in [0.2, 0.25) is 11.7 Å². The molecule has 1 aromatic carbocycles. The van der Waals surface area contributed by atoms with Crippen LogP contribution in [0.15, 0.2) is 59.4 Å². The second-order valence-corrected chi connectivity index (χ2v) is 5.90. The molecule has 0 bridgehead atoms. The van der Waals surface area contributed by atoms with Gasteiger partial charge in [0.25, 0.3) is 0 Å². The monoisotopic (exact) mass is 306 g/mol. The van der Waals surface area contributed by atoms with Crippen LogP contribution in [0.4, 0.5) is 0 Å². The summed E-state index contributed by atoms with van der Waals surface area (Å²) in [5.41, 5.74) is 2.23. The average molecular weight is 306 g/mol. The molecule has 0 saturated carbocycles. The first-order chi connectivity index (χ1) is 11.4. The molecule has 5 nitrogen and oxygen atoms in total. The number of nitrogens with zero attached hydrogens (tertiary/aromatic N) is 4. The Morgan fingerprint density at radius 3 is 2.87 bits per heavy atom. The zero-order valence-corrected chi connectivity index (χ0v) is 12.8. The van der Waals surface area contributed by atoms with Crippen molar-refractivity contribution >= 4 is 0 Å². The van der Waals surface area contributed by atoms with Gasteiger partial charge in [0.05, 0.1) is 5.92 Å². The molecule has 0 N–H and O–H groups in total. The molecule has 5 heteroatoms. The van der Waals surface area contributed by atoms with E-state index in [2.05, 4.69) is 26.1 Å². The second-order valence-electron chi connectivity index (χ2n) is 5.90. The van der Waals surface area contributed by atoms with Crippen molar-refractivity contribution < 1.29 is 4.52 Å². The fraction of sp³-hybridized carbons (Fsp3) is 0.278. The van der Waals surface area contributed by atoms with Crippen molar-refractivity contribution in [2.75, 3.05) is 13.1 Å². The summed E-state index contributed by atoms with van der Waals surface area (Å²) < 4.78 is 5.50. The fourth-order valence-electron chi connectivity index (χ4n) is 3.03. The highest BCUT2D eigenvalue weighted by molar-refractivity contribution is 5.53. The Balaban J connectivity index is 1.43. The summed E-state index contributed by atoms with van der Waals surface area (Å²) in [5, 5.41) is 4.13. The highest BCUT2D eigenvalue weighted by Gasteiger charge is 2.28. The first-order valence-electron chi connectivity index (χ1n) is 7.89. The van der Waals surface area contributed by atoms with Crippen molar-refractivity contribution in [2.45, 2.75) is 18.9 Å². The van der Waals surface area contributed by atoms with Gasteiger partial charge in [0.15, 0.2) is 0 Å². The standard InChI is InChI=1S/C18H18N4O/c1-2-6-15(7-3-1)17-20-18(23-21-17)16-8-10-22(13-16)12-14-5-4-9-19-11-14/h1-7,9,11,16H,8,10,12-13H2. The van der Waals surface area contributed by atoms with Crippen LogP contribution in [0.1, 0.15) is 23.8 Å². The third-order valence-electron chi connectivity index (χ3n) is 4.22. The maximum absolute atomic E-state index is 5.50. The molecule has 116 valence electrons. The summed E-state index contributed by atoms with van der Waals surface area (Å²) in [5.74, 6) is 1.74. The molecule has 1 unspecified atom stereocenters. The van der Waals surface area contributed by atoms with Crippen LogP contribution in [-0.2, 0) is 6.54 Å². The molecule has 23 heavy (non-hydrogen) atoms.